The monoisotopic (exact) mass is 276 g/mol. The summed E-state index contributed by atoms with van der Waals surface area (Å²) in [5, 5.41) is 11.8. The van der Waals surface area contributed by atoms with Crippen LogP contribution in [0.15, 0.2) is 30.3 Å². The molecule has 0 saturated heterocycles. The van der Waals surface area contributed by atoms with E-state index in [0.29, 0.717) is 6.54 Å². The van der Waals surface area contributed by atoms with Crippen LogP contribution in [0.2, 0.25) is 0 Å². The van der Waals surface area contributed by atoms with Crippen LogP contribution in [-0.2, 0) is 4.79 Å². The molecule has 0 unspecified atom stereocenters. The van der Waals surface area contributed by atoms with E-state index in [9.17, 15) is 9.59 Å². The number of anilines is 1. The molecule has 5 nitrogen and oxygen atoms in total. The Balaban J connectivity index is 1.90. The Labute approximate surface area is 118 Å². The van der Waals surface area contributed by atoms with Gasteiger partial charge in [-0.1, -0.05) is 24.6 Å². The minimum atomic E-state index is -0.796. The summed E-state index contributed by atoms with van der Waals surface area (Å²) in [6, 6.07) is 9.15. The molecule has 0 bridgehead atoms. The van der Waals surface area contributed by atoms with E-state index in [1.54, 1.807) is 7.05 Å². The van der Waals surface area contributed by atoms with E-state index >= 15 is 0 Å². The number of carboxylic acid groups (broad SMARTS) is 1. The van der Waals surface area contributed by atoms with Crippen LogP contribution in [0.5, 0.6) is 0 Å². The molecule has 108 valence electrons. The van der Waals surface area contributed by atoms with Gasteiger partial charge in [-0.3, -0.25) is 9.69 Å². The molecule has 1 saturated carbocycles. The molecule has 1 aliphatic rings. The standard InChI is InChI=1S/C15H20N2O3/c1-17(12-6-3-2-4-7-12)14(20)16-11-15(8-5-9-15)10-13(18)19/h2-4,6-7H,5,8-11H2,1H3,(H,16,20)(H,18,19). The zero-order valence-electron chi connectivity index (χ0n) is 11.6. The number of carboxylic acids is 1. The largest absolute Gasteiger partial charge is 0.481 e. The van der Waals surface area contributed by atoms with Crippen molar-refractivity contribution in [2.75, 3.05) is 18.5 Å². The van der Waals surface area contributed by atoms with Gasteiger partial charge >= 0.3 is 12.0 Å². The maximum absolute atomic E-state index is 12.1. The number of para-hydroxylation sites is 1. The number of amides is 2. The Bertz CT molecular complexity index is 483. The SMILES string of the molecule is CN(C(=O)NCC1(CC(=O)O)CCC1)c1ccccc1. The lowest BCUT2D eigenvalue weighted by molar-refractivity contribution is -0.141. The van der Waals surface area contributed by atoms with E-state index in [4.69, 9.17) is 5.11 Å². The van der Waals surface area contributed by atoms with Gasteiger partial charge in [0.15, 0.2) is 0 Å². The van der Waals surface area contributed by atoms with Crippen molar-refractivity contribution in [2.24, 2.45) is 5.41 Å². The van der Waals surface area contributed by atoms with Gasteiger partial charge in [0.25, 0.3) is 0 Å². The third kappa shape index (κ3) is 3.29. The summed E-state index contributed by atoms with van der Waals surface area (Å²) >= 11 is 0. The Morgan fingerprint density at radius 1 is 1.30 bits per heavy atom. The number of benzene rings is 1. The number of rotatable bonds is 5. The van der Waals surface area contributed by atoms with Crippen LogP contribution < -0.4 is 10.2 Å². The fraction of sp³-hybridized carbons (Fsp3) is 0.467. The fourth-order valence-electron chi connectivity index (χ4n) is 2.56. The predicted octanol–water partition coefficient (Wildman–Crippen LogP) is 2.48. The summed E-state index contributed by atoms with van der Waals surface area (Å²) in [7, 11) is 1.70. The first kappa shape index (κ1) is 14.4. The average Bonchev–Trinajstić information content (AvgIpc) is 2.41. The van der Waals surface area contributed by atoms with Crippen molar-refractivity contribution in [1.29, 1.82) is 0 Å². The number of nitrogens with zero attached hydrogens (tertiary/aromatic N) is 1. The summed E-state index contributed by atoms with van der Waals surface area (Å²) in [6.07, 6.45) is 2.91. The molecule has 0 radical (unpaired) electrons. The lowest BCUT2D eigenvalue weighted by atomic mass is 9.66. The van der Waals surface area contributed by atoms with E-state index in [1.807, 2.05) is 30.3 Å². The highest BCUT2D eigenvalue weighted by Gasteiger charge is 2.39. The second-order valence-electron chi connectivity index (χ2n) is 5.48. The second kappa shape index (κ2) is 5.94. The van der Waals surface area contributed by atoms with Gasteiger partial charge in [-0.2, -0.15) is 0 Å². The van der Waals surface area contributed by atoms with Gasteiger partial charge in [-0.15, -0.1) is 0 Å². The minimum Gasteiger partial charge on any atom is -0.481 e. The van der Waals surface area contributed by atoms with Gasteiger partial charge < -0.3 is 10.4 Å². The van der Waals surface area contributed by atoms with Crippen LogP contribution >= 0.6 is 0 Å². The fourth-order valence-corrected chi connectivity index (χ4v) is 2.56. The zero-order valence-corrected chi connectivity index (χ0v) is 11.6. The van der Waals surface area contributed by atoms with Gasteiger partial charge in [-0.05, 0) is 30.4 Å². The third-order valence-corrected chi connectivity index (χ3v) is 4.00. The molecule has 2 rings (SSSR count). The molecule has 0 aliphatic heterocycles. The molecule has 20 heavy (non-hydrogen) atoms. The maximum atomic E-state index is 12.1. The number of urea groups is 1. The molecule has 1 aromatic rings. The summed E-state index contributed by atoms with van der Waals surface area (Å²) in [5.74, 6) is -0.796. The van der Waals surface area contributed by atoms with Crippen molar-refractivity contribution >= 4 is 17.7 Å². The molecule has 0 spiro atoms. The lowest BCUT2D eigenvalue weighted by Gasteiger charge is -2.41. The first-order valence-corrected chi connectivity index (χ1v) is 6.81. The molecular weight excluding hydrogens is 256 g/mol. The number of hydrogen-bond donors (Lipinski definition) is 2. The van der Waals surface area contributed by atoms with Gasteiger partial charge in [0.1, 0.15) is 0 Å². The van der Waals surface area contributed by atoms with Crippen molar-refractivity contribution in [3.8, 4) is 0 Å². The molecule has 1 aliphatic carbocycles. The van der Waals surface area contributed by atoms with Crippen LogP contribution in [0.25, 0.3) is 0 Å². The first-order valence-electron chi connectivity index (χ1n) is 6.81. The van der Waals surface area contributed by atoms with Crippen molar-refractivity contribution in [2.45, 2.75) is 25.7 Å². The number of carbonyl (C=O) groups is 2. The second-order valence-corrected chi connectivity index (χ2v) is 5.48. The Morgan fingerprint density at radius 2 is 1.95 bits per heavy atom. The summed E-state index contributed by atoms with van der Waals surface area (Å²) in [6.45, 7) is 0.426. The van der Waals surface area contributed by atoms with Crippen LogP contribution in [0, 0.1) is 5.41 Å². The highest BCUT2D eigenvalue weighted by atomic mass is 16.4. The van der Waals surface area contributed by atoms with Crippen LogP contribution in [0.3, 0.4) is 0 Å². The van der Waals surface area contributed by atoms with Crippen molar-refractivity contribution in [3.05, 3.63) is 30.3 Å². The number of nitrogens with one attached hydrogen (secondary N) is 1. The molecule has 0 heterocycles. The zero-order chi connectivity index (χ0) is 14.6. The van der Waals surface area contributed by atoms with E-state index in [0.717, 1.165) is 24.9 Å². The number of aliphatic carboxylic acids is 1. The maximum Gasteiger partial charge on any atom is 0.321 e. The Morgan fingerprint density at radius 3 is 2.45 bits per heavy atom. The molecule has 0 aromatic heterocycles. The predicted molar refractivity (Wildman–Crippen MR) is 76.8 cm³/mol. The average molecular weight is 276 g/mol. The van der Waals surface area contributed by atoms with E-state index < -0.39 is 5.97 Å². The summed E-state index contributed by atoms with van der Waals surface area (Å²) in [4.78, 5) is 24.5. The minimum absolute atomic E-state index is 0.127. The third-order valence-electron chi connectivity index (χ3n) is 4.00. The molecular formula is C15H20N2O3. The van der Waals surface area contributed by atoms with Crippen molar-refractivity contribution in [3.63, 3.8) is 0 Å². The molecule has 0 atom stereocenters. The topological polar surface area (TPSA) is 69.6 Å². The highest BCUT2D eigenvalue weighted by Crippen LogP contribution is 2.43. The first-order chi connectivity index (χ1) is 9.52. The highest BCUT2D eigenvalue weighted by molar-refractivity contribution is 5.91. The summed E-state index contributed by atoms with van der Waals surface area (Å²) in [5.41, 5.74) is 0.560. The Hall–Kier alpha value is -2.04. The number of hydrogen-bond acceptors (Lipinski definition) is 2. The quantitative estimate of drug-likeness (QED) is 0.868. The normalized spacial score (nSPS) is 16.1. The van der Waals surface area contributed by atoms with Gasteiger partial charge in [0, 0.05) is 19.3 Å². The van der Waals surface area contributed by atoms with Crippen LogP contribution in [0.1, 0.15) is 25.7 Å². The smallest absolute Gasteiger partial charge is 0.321 e. The summed E-state index contributed by atoms with van der Waals surface area (Å²) < 4.78 is 0. The lowest BCUT2D eigenvalue weighted by Crippen LogP contribution is -2.47. The van der Waals surface area contributed by atoms with Crippen LogP contribution in [0.4, 0.5) is 10.5 Å². The van der Waals surface area contributed by atoms with Gasteiger partial charge in [0.2, 0.25) is 0 Å². The Kier molecular flexibility index (Phi) is 4.27. The van der Waals surface area contributed by atoms with Gasteiger partial charge in [-0.25, -0.2) is 4.79 Å². The molecule has 1 fully saturated rings. The molecule has 5 heteroatoms. The molecule has 1 aromatic carbocycles. The molecule has 2 amide bonds. The van der Waals surface area contributed by atoms with E-state index in [-0.39, 0.29) is 17.9 Å². The van der Waals surface area contributed by atoms with Crippen LogP contribution in [-0.4, -0.2) is 30.7 Å². The van der Waals surface area contributed by atoms with E-state index in [1.165, 1.54) is 4.90 Å². The number of carbonyl (C=O) groups excluding carboxylic acids is 1. The molecule has 2 N–H and O–H groups in total. The van der Waals surface area contributed by atoms with E-state index in [2.05, 4.69) is 5.32 Å². The van der Waals surface area contributed by atoms with Gasteiger partial charge in [0.05, 0.1) is 6.42 Å². The van der Waals surface area contributed by atoms with Crippen molar-refractivity contribution in [1.82, 2.24) is 5.32 Å². The van der Waals surface area contributed by atoms with Crippen molar-refractivity contribution < 1.29 is 14.7 Å².